The summed E-state index contributed by atoms with van der Waals surface area (Å²) in [6.45, 7) is 7.22. The third kappa shape index (κ3) is 3.92. The Morgan fingerprint density at radius 3 is 2.60 bits per heavy atom. The highest BCUT2D eigenvalue weighted by molar-refractivity contribution is 5.36. The van der Waals surface area contributed by atoms with E-state index in [1.165, 1.54) is 11.1 Å². The summed E-state index contributed by atoms with van der Waals surface area (Å²) in [5, 5.41) is 3.15. The van der Waals surface area contributed by atoms with E-state index in [4.69, 9.17) is 4.74 Å². The molecule has 0 aliphatic carbocycles. The summed E-state index contributed by atoms with van der Waals surface area (Å²) in [4.78, 5) is 0. The van der Waals surface area contributed by atoms with Crippen LogP contribution < -0.4 is 10.1 Å². The number of ether oxygens (including phenoxy) is 1. The third-order valence-corrected chi connectivity index (χ3v) is 2.27. The summed E-state index contributed by atoms with van der Waals surface area (Å²) >= 11 is 0. The van der Waals surface area contributed by atoms with Gasteiger partial charge in [-0.25, -0.2) is 0 Å². The molecule has 84 valence electrons. The number of likely N-dealkylation sites (N-methyl/N-ethyl adjacent to an activating group) is 1. The van der Waals surface area contributed by atoms with E-state index in [0.717, 1.165) is 18.7 Å². The molecule has 0 aromatic heterocycles. The Balaban J connectivity index is 2.70. The first-order valence-corrected chi connectivity index (χ1v) is 5.54. The first-order chi connectivity index (χ1) is 7.13. The van der Waals surface area contributed by atoms with Crippen molar-refractivity contribution in [3.05, 3.63) is 29.3 Å². The predicted molar refractivity (Wildman–Crippen MR) is 64.6 cm³/mol. The van der Waals surface area contributed by atoms with Crippen molar-refractivity contribution in [2.45, 2.75) is 33.3 Å². The molecule has 0 aliphatic heterocycles. The summed E-state index contributed by atoms with van der Waals surface area (Å²) in [6.07, 6.45) is 1.31. The van der Waals surface area contributed by atoms with E-state index >= 15 is 0 Å². The number of nitrogens with one attached hydrogen (secondary N) is 1. The molecule has 2 heteroatoms. The molecular weight excluding hydrogens is 186 g/mol. The molecule has 0 atom stereocenters. The predicted octanol–water partition coefficient (Wildman–Crippen LogP) is 2.54. The normalized spacial score (nSPS) is 10.7. The van der Waals surface area contributed by atoms with Crippen molar-refractivity contribution in [2.75, 3.05) is 13.6 Å². The minimum Gasteiger partial charge on any atom is -0.491 e. The van der Waals surface area contributed by atoms with Crippen LogP contribution in [0.4, 0.5) is 0 Å². The third-order valence-electron chi connectivity index (χ3n) is 2.27. The fourth-order valence-electron chi connectivity index (χ4n) is 1.52. The Labute approximate surface area is 92.6 Å². The molecule has 1 N–H and O–H groups in total. The number of hydrogen-bond acceptors (Lipinski definition) is 2. The van der Waals surface area contributed by atoms with Crippen molar-refractivity contribution in [1.82, 2.24) is 5.32 Å². The van der Waals surface area contributed by atoms with Gasteiger partial charge in [-0.05, 0) is 58.0 Å². The lowest BCUT2D eigenvalue weighted by atomic mass is 10.1. The van der Waals surface area contributed by atoms with E-state index in [9.17, 15) is 0 Å². The molecule has 0 radical (unpaired) electrons. The van der Waals surface area contributed by atoms with Crippen molar-refractivity contribution in [1.29, 1.82) is 0 Å². The molecule has 0 fully saturated rings. The van der Waals surface area contributed by atoms with Gasteiger partial charge in [0.05, 0.1) is 6.10 Å². The average molecular weight is 207 g/mol. The highest BCUT2D eigenvalue weighted by Crippen LogP contribution is 2.20. The summed E-state index contributed by atoms with van der Waals surface area (Å²) in [5.41, 5.74) is 2.58. The lowest BCUT2D eigenvalue weighted by Gasteiger charge is -2.13. The van der Waals surface area contributed by atoms with Crippen LogP contribution in [0.5, 0.6) is 5.75 Å². The van der Waals surface area contributed by atoms with Crippen LogP contribution in [0.15, 0.2) is 18.2 Å². The second-order valence-corrected chi connectivity index (χ2v) is 4.12. The number of aryl methyl sites for hydroxylation is 1. The van der Waals surface area contributed by atoms with Gasteiger partial charge in [-0.3, -0.25) is 0 Å². The smallest absolute Gasteiger partial charge is 0.122 e. The van der Waals surface area contributed by atoms with Gasteiger partial charge < -0.3 is 10.1 Å². The molecule has 0 bridgehead atoms. The number of hydrogen-bond donors (Lipinski definition) is 1. The van der Waals surface area contributed by atoms with E-state index in [2.05, 4.69) is 30.4 Å². The van der Waals surface area contributed by atoms with Gasteiger partial charge >= 0.3 is 0 Å². The molecule has 0 aliphatic rings. The van der Waals surface area contributed by atoms with Crippen LogP contribution in [0.1, 0.15) is 25.0 Å². The van der Waals surface area contributed by atoms with Crippen LogP contribution in [0, 0.1) is 6.92 Å². The number of rotatable bonds is 5. The van der Waals surface area contributed by atoms with Gasteiger partial charge in [0, 0.05) is 0 Å². The van der Waals surface area contributed by atoms with Gasteiger partial charge in [0.2, 0.25) is 0 Å². The van der Waals surface area contributed by atoms with Gasteiger partial charge in [0.15, 0.2) is 0 Å². The zero-order valence-corrected chi connectivity index (χ0v) is 10.1. The molecule has 0 amide bonds. The SMILES string of the molecule is CNCCc1ccc(OC(C)C)c(C)c1. The lowest BCUT2D eigenvalue weighted by Crippen LogP contribution is -2.11. The summed E-state index contributed by atoms with van der Waals surface area (Å²) < 4.78 is 5.69. The van der Waals surface area contributed by atoms with E-state index in [0.29, 0.717) is 0 Å². The van der Waals surface area contributed by atoms with Crippen molar-refractivity contribution in [3.8, 4) is 5.75 Å². The molecular formula is C13H21NO. The summed E-state index contributed by atoms with van der Waals surface area (Å²) in [7, 11) is 1.98. The highest BCUT2D eigenvalue weighted by Gasteiger charge is 2.02. The maximum absolute atomic E-state index is 5.69. The van der Waals surface area contributed by atoms with E-state index in [1.54, 1.807) is 0 Å². The Kier molecular flexibility index (Phi) is 4.63. The Morgan fingerprint density at radius 1 is 1.33 bits per heavy atom. The minimum atomic E-state index is 0.242. The first-order valence-electron chi connectivity index (χ1n) is 5.54. The lowest BCUT2D eigenvalue weighted by molar-refractivity contribution is 0.240. The van der Waals surface area contributed by atoms with Crippen LogP contribution in [-0.4, -0.2) is 19.7 Å². The van der Waals surface area contributed by atoms with Crippen molar-refractivity contribution in [2.24, 2.45) is 0 Å². The monoisotopic (exact) mass is 207 g/mol. The Bertz CT molecular complexity index is 307. The molecule has 1 aromatic carbocycles. The second-order valence-electron chi connectivity index (χ2n) is 4.12. The zero-order chi connectivity index (χ0) is 11.3. The fourth-order valence-corrected chi connectivity index (χ4v) is 1.52. The second kappa shape index (κ2) is 5.76. The van der Waals surface area contributed by atoms with Crippen LogP contribution in [0.2, 0.25) is 0 Å². The molecule has 0 unspecified atom stereocenters. The fraction of sp³-hybridized carbons (Fsp3) is 0.538. The molecule has 0 heterocycles. The first kappa shape index (κ1) is 12.1. The molecule has 0 spiro atoms. The standard InChI is InChI=1S/C13H21NO/c1-10(2)15-13-6-5-12(7-8-14-4)9-11(13)3/h5-6,9-10,14H,7-8H2,1-4H3. The number of benzene rings is 1. The van der Waals surface area contributed by atoms with Crippen LogP contribution in [0.3, 0.4) is 0 Å². The maximum atomic E-state index is 5.69. The van der Waals surface area contributed by atoms with Crippen molar-refractivity contribution in [3.63, 3.8) is 0 Å². The Hall–Kier alpha value is -1.02. The highest BCUT2D eigenvalue weighted by atomic mass is 16.5. The van der Waals surface area contributed by atoms with Gasteiger partial charge in [-0.2, -0.15) is 0 Å². The summed E-state index contributed by atoms with van der Waals surface area (Å²) in [5.74, 6) is 0.998. The van der Waals surface area contributed by atoms with Crippen molar-refractivity contribution >= 4 is 0 Å². The maximum Gasteiger partial charge on any atom is 0.122 e. The van der Waals surface area contributed by atoms with Crippen LogP contribution in [0.25, 0.3) is 0 Å². The molecule has 0 saturated heterocycles. The summed E-state index contributed by atoms with van der Waals surface area (Å²) in [6, 6.07) is 6.41. The van der Waals surface area contributed by atoms with E-state index < -0.39 is 0 Å². The Morgan fingerprint density at radius 2 is 2.07 bits per heavy atom. The minimum absolute atomic E-state index is 0.242. The topological polar surface area (TPSA) is 21.3 Å². The quantitative estimate of drug-likeness (QED) is 0.801. The van der Waals surface area contributed by atoms with Gasteiger partial charge in [-0.1, -0.05) is 12.1 Å². The largest absolute Gasteiger partial charge is 0.491 e. The van der Waals surface area contributed by atoms with E-state index in [1.807, 2.05) is 20.9 Å². The van der Waals surface area contributed by atoms with E-state index in [-0.39, 0.29) is 6.10 Å². The van der Waals surface area contributed by atoms with Gasteiger partial charge in [0.1, 0.15) is 5.75 Å². The average Bonchev–Trinajstić information content (AvgIpc) is 2.18. The van der Waals surface area contributed by atoms with Crippen molar-refractivity contribution < 1.29 is 4.74 Å². The molecule has 1 rings (SSSR count). The molecule has 15 heavy (non-hydrogen) atoms. The molecule has 0 saturated carbocycles. The zero-order valence-electron chi connectivity index (χ0n) is 10.1. The van der Waals surface area contributed by atoms with Crippen LogP contribution in [-0.2, 0) is 6.42 Å². The van der Waals surface area contributed by atoms with Crippen LogP contribution >= 0.6 is 0 Å². The van der Waals surface area contributed by atoms with Gasteiger partial charge in [-0.15, -0.1) is 0 Å². The van der Waals surface area contributed by atoms with Gasteiger partial charge in [0.25, 0.3) is 0 Å². The molecule has 2 nitrogen and oxygen atoms in total. The molecule has 1 aromatic rings.